The summed E-state index contributed by atoms with van der Waals surface area (Å²) in [5.74, 6) is 0. The third-order valence-electron chi connectivity index (χ3n) is 3.91. The molecular weight excluding hydrogens is 280 g/mol. The Balaban J connectivity index is 1.78. The smallest absolute Gasteiger partial charge is 0.292 e. The molecule has 0 spiro atoms. The van der Waals surface area contributed by atoms with E-state index in [2.05, 4.69) is 16.4 Å². The number of nitrogen functional groups attached to an aromatic ring is 1. The van der Waals surface area contributed by atoms with Crippen LogP contribution in [0.4, 0.5) is 17.1 Å². The normalized spacial score (nSPS) is 13.5. The van der Waals surface area contributed by atoms with Gasteiger partial charge < -0.3 is 11.1 Å². The highest BCUT2D eigenvalue weighted by molar-refractivity contribution is 5.67. The molecule has 0 saturated carbocycles. The minimum absolute atomic E-state index is 0.0205. The van der Waals surface area contributed by atoms with Crippen molar-refractivity contribution in [2.75, 3.05) is 11.1 Å². The molecule has 114 valence electrons. The van der Waals surface area contributed by atoms with E-state index in [1.807, 2.05) is 6.07 Å². The van der Waals surface area contributed by atoms with Gasteiger partial charge in [-0.1, -0.05) is 6.07 Å². The molecule has 1 aliphatic carbocycles. The van der Waals surface area contributed by atoms with Crippen LogP contribution in [-0.2, 0) is 19.4 Å². The highest BCUT2D eigenvalue weighted by Crippen LogP contribution is 2.27. The summed E-state index contributed by atoms with van der Waals surface area (Å²) in [6, 6.07) is 8.62. The fourth-order valence-electron chi connectivity index (χ4n) is 2.77. The van der Waals surface area contributed by atoms with Crippen LogP contribution >= 0.6 is 0 Å². The van der Waals surface area contributed by atoms with E-state index in [9.17, 15) is 10.1 Å². The average molecular weight is 298 g/mol. The molecular formula is C16H18N4O2. The minimum Gasteiger partial charge on any atom is -0.399 e. The number of nitro benzene ring substituents is 1. The van der Waals surface area contributed by atoms with Crippen molar-refractivity contribution in [2.24, 2.45) is 0 Å². The van der Waals surface area contributed by atoms with Crippen LogP contribution in [0.5, 0.6) is 0 Å². The number of hydrogen-bond donors (Lipinski definition) is 2. The third-order valence-corrected chi connectivity index (χ3v) is 3.91. The molecule has 1 aliphatic rings. The first-order chi connectivity index (χ1) is 10.6. The van der Waals surface area contributed by atoms with E-state index >= 15 is 0 Å². The second-order valence-corrected chi connectivity index (χ2v) is 5.50. The Bertz CT molecular complexity index is 715. The lowest BCUT2D eigenvalue weighted by Gasteiger charge is -2.16. The van der Waals surface area contributed by atoms with Crippen molar-refractivity contribution < 1.29 is 4.92 Å². The molecule has 0 aliphatic heterocycles. The van der Waals surface area contributed by atoms with Gasteiger partial charge in [-0.2, -0.15) is 0 Å². The Morgan fingerprint density at radius 3 is 2.86 bits per heavy atom. The number of fused-ring (bicyclic) bond motifs is 1. The summed E-state index contributed by atoms with van der Waals surface area (Å²) >= 11 is 0. The number of pyridine rings is 1. The quantitative estimate of drug-likeness (QED) is 0.514. The summed E-state index contributed by atoms with van der Waals surface area (Å²) in [5.41, 5.74) is 10.0. The molecule has 0 unspecified atom stereocenters. The highest BCUT2D eigenvalue weighted by Gasteiger charge is 2.14. The van der Waals surface area contributed by atoms with Gasteiger partial charge in [0.15, 0.2) is 0 Å². The van der Waals surface area contributed by atoms with Gasteiger partial charge in [0.25, 0.3) is 5.69 Å². The van der Waals surface area contributed by atoms with Gasteiger partial charge >= 0.3 is 0 Å². The zero-order chi connectivity index (χ0) is 15.5. The highest BCUT2D eigenvalue weighted by atomic mass is 16.6. The SMILES string of the molecule is Nc1ccc([N+](=O)[O-])c(NCc2ccc3c(n2)CCCC3)c1. The largest absolute Gasteiger partial charge is 0.399 e. The number of anilines is 2. The fourth-order valence-corrected chi connectivity index (χ4v) is 2.77. The van der Waals surface area contributed by atoms with E-state index < -0.39 is 4.92 Å². The van der Waals surface area contributed by atoms with E-state index in [-0.39, 0.29) is 5.69 Å². The summed E-state index contributed by atoms with van der Waals surface area (Å²) < 4.78 is 0. The molecule has 0 amide bonds. The molecule has 0 radical (unpaired) electrons. The summed E-state index contributed by atoms with van der Waals surface area (Å²) in [7, 11) is 0. The predicted molar refractivity (Wildman–Crippen MR) is 85.7 cm³/mol. The number of nitro groups is 1. The van der Waals surface area contributed by atoms with E-state index in [1.54, 1.807) is 6.07 Å². The first-order valence-corrected chi connectivity index (χ1v) is 7.39. The Morgan fingerprint density at radius 1 is 1.23 bits per heavy atom. The number of nitrogens with zero attached hydrogens (tertiary/aromatic N) is 2. The summed E-state index contributed by atoms with van der Waals surface area (Å²) in [5, 5.41) is 14.1. The minimum atomic E-state index is -0.415. The number of aromatic nitrogens is 1. The molecule has 0 atom stereocenters. The molecule has 0 fully saturated rings. The lowest BCUT2D eigenvalue weighted by Crippen LogP contribution is -2.10. The van der Waals surface area contributed by atoms with Crippen molar-refractivity contribution >= 4 is 17.1 Å². The van der Waals surface area contributed by atoms with Crippen LogP contribution in [0.1, 0.15) is 29.8 Å². The number of rotatable bonds is 4. The van der Waals surface area contributed by atoms with Crippen molar-refractivity contribution in [3.05, 3.63) is 57.4 Å². The fraction of sp³-hybridized carbons (Fsp3) is 0.312. The maximum absolute atomic E-state index is 11.0. The Labute approximate surface area is 128 Å². The van der Waals surface area contributed by atoms with Crippen LogP contribution < -0.4 is 11.1 Å². The molecule has 3 N–H and O–H groups in total. The van der Waals surface area contributed by atoms with Gasteiger partial charge in [-0.3, -0.25) is 15.1 Å². The summed E-state index contributed by atoms with van der Waals surface area (Å²) in [4.78, 5) is 15.3. The van der Waals surface area contributed by atoms with Crippen LogP contribution in [0, 0.1) is 10.1 Å². The van der Waals surface area contributed by atoms with Crippen molar-refractivity contribution in [3.63, 3.8) is 0 Å². The van der Waals surface area contributed by atoms with Gasteiger partial charge in [0.05, 0.1) is 17.2 Å². The number of benzene rings is 1. The Morgan fingerprint density at radius 2 is 2.05 bits per heavy atom. The third kappa shape index (κ3) is 3.00. The van der Waals surface area contributed by atoms with Gasteiger partial charge in [-0.05, 0) is 49.4 Å². The Kier molecular flexibility index (Phi) is 3.91. The lowest BCUT2D eigenvalue weighted by atomic mass is 9.96. The molecule has 2 aromatic rings. The summed E-state index contributed by atoms with van der Waals surface area (Å²) in [6.07, 6.45) is 4.51. The lowest BCUT2D eigenvalue weighted by molar-refractivity contribution is -0.383. The van der Waals surface area contributed by atoms with Crippen molar-refractivity contribution in [1.82, 2.24) is 4.98 Å². The zero-order valence-corrected chi connectivity index (χ0v) is 12.2. The van der Waals surface area contributed by atoms with E-state index in [4.69, 9.17) is 5.73 Å². The molecule has 6 nitrogen and oxygen atoms in total. The number of aryl methyl sites for hydroxylation is 2. The van der Waals surface area contributed by atoms with Gasteiger partial charge in [0.2, 0.25) is 0 Å². The van der Waals surface area contributed by atoms with Crippen molar-refractivity contribution in [2.45, 2.75) is 32.2 Å². The number of nitrogens with one attached hydrogen (secondary N) is 1. The topological polar surface area (TPSA) is 94.1 Å². The molecule has 1 heterocycles. The Hall–Kier alpha value is -2.63. The average Bonchev–Trinajstić information content (AvgIpc) is 2.52. The van der Waals surface area contributed by atoms with Crippen LogP contribution in [-0.4, -0.2) is 9.91 Å². The van der Waals surface area contributed by atoms with Crippen LogP contribution in [0.25, 0.3) is 0 Å². The van der Waals surface area contributed by atoms with Crippen LogP contribution in [0.2, 0.25) is 0 Å². The number of nitrogens with two attached hydrogens (primary N) is 1. The molecule has 1 aromatic carbocycles. The maximum atomic E-state index is 11.0. The molecule has 6 heteroatoms. The second-order valence-electron chi connectivity index (χ2n) is 5.50. The standard InChI is InChI=1S/C16H18N4O2/c17-12-6-8-16(20(21)22)15(9-12)18-10-13-7-5-11-3-1-2-4-14(11)19-13/h5-9,18H,1-4,10,17H2. The zero-order valence-electron chi connectivity index (χ0n) is 12.2. The van der Waals surface area contributed by atoms with E-state index in [0.717, 1.165) is 24.2 Å². The number of hydrogen-bond acceptors (Lipinski definition) is 5. The first kappa shape index (κ1) is 14.3. The van der Waals surface area contributed by atoms with E-state index in [0.29, 0.717) is 17.9 Å². The monoisotopic (exact) mass is 298 g/mol. The second kappa shape index (κ2) is 6.01. The van der Waals surface area contributed by atoms with Crippen LogP contribution in [0.3, 0.4) is 0 Å². The van der Waals surface area contributed by atoms with Gasteiger partial charge in [-0.15, -0.1) is 0 Å². The molecule has 22 heavy (non-hydrogen) atoms. The predicted octanol–water partition coefficient (Wildman–Crippen LogP) is 3.06. The maximum Gasteiger partial charge on any atom is 0.292 e. The van der Waals surface area contributed by atoms with Gasteiger partial charge in [0, 0.05) is 17.4 Å². The molecule has 0 bridgehead atoms. The molecule has 0 saturated heterocycles. The molecule has 1 aromatic heterocycles. The van der Waals surface area contributed by atoms with Crippen molar-refractivity contribution in [3.8, 4) is 0 Å². The van der Waals surface area contributed by atoms with Gasteiger partial charge in [0.1, 0.15) is 5.69 Å². The summed E-state index contributed by atoms with van der Waals surface area (Å²) in [6.45, 7) is 0.442. The van der Waals surface area contributed by atoms with Gasteiger partial charge in [-0.25, -0.2) is 0 Å². The van der Waals surface area contributed by atoms with Crippen molar-refractivity contribution in [1.29, 1.82) is 0 Å². The van der Waals surface area contributed by atoms with Crippen LogP contribution in [0.15, 0.2) is 30.3 Å². The van der Waals surface area contributed by atoms with E-state index in [1.165, 1.54) is 30.5 Å². The molecule has 3 rings (SSSR count). The first-order valence-electron chi connectivity index (χ1n) is 7.39.